The molecule has 0 atom stereocenters. The highest BCUT2D eigenvalue weighted by molar-refractivity contribution is 9.10. The number of imide groups is 1. The third-order valence-corrected chi connectivity index (χ3v) is 6.60. The standard InChI is InChI=1S/C26H21BrN2O3/c27-19-11-12-22-23(14-19)26(32)29(25(22)31)13-5-10-24(30)28-15-17-6-1-3-8-20(17)21-9-4-2-7-18(21)16-28/h1-4,6-9,11-12,14H,5,10,13,15-16H2. The SMILES string of the molecule is O=C(CCCN1C(=O)c2ccc(Br)cc2C1=O)N1Cc2ccccc2-c2ccccc2C1. The van der Waals surface area contributed by atoms with Gasteiger partial charge in [-0.3, -0.25) is 19.3 Å². The second-order valence-corrected chi connectivity index (χ2v) is 9.04. The zero-order valence-electron chi connectivity index (χ0n) is 17.4. The first-order valence-electron chi connectivity index (χ1n) is 10.6. The van der Waals surface area contributed by atoms with Gasteiger partial charge in [0.15, 0.2) is 0 Å². The molecule has 3 aromatic rings. The number of carbonyl (C=O) groups is 3. The fourth-order valence-corrected chi connectivity index (χ4v) is 4.86. The Morgan fingerprint density at radius 1 is 0.781 bits per heavy atom. The molecule has 2 heterocycles. The smallest absolute Gasteiger partial charge is 0.261 e. The molecule has 0 saturated heterocycles. The fraction of sp³-hybridized carbons (Fsp3) is 0.192. The van der Waals surface area contributed by atoms with Gasteiger partial charge < -0.3 is 4.90 Å². The van der Waals surface area contributed by atoms with Crippen LogP contribution in [-0.2, 0) is 17.9 Å². The molecule has 3 amide bonds. The normalized spacial score (nSPS) is 14.7. The van der Waals surface area contributed by atoms with E-state index in [-0.39, 0.29) is 30.7 Å². The van der Waals surface area contributed by atoms with Crippen molar-refractivity contribution in [2.75, 3.05) is 6.54 Å². The number of hydrogen-bond acceptors (Lipinski definition) is 3. The van der Waals surface area contributed by atoms with Crippen molar-refractivity contribution in [3.8, 4) is 11.1 Å². The summed E-state index contributed by atoms with van der Waals surface area (Å²) >= 11 is 3.35. The molecule has 0 aromatic heterocycles. The maximum Gasteiger partial charge on any atom is 0.261 e. The molecule has 0 fully saturated rings. The van der Waals surface area contributed by atoms with E-state index in [1.165, 1.54) is 4.90 Å². The molecule has 2 aliphatic rings. The van der Waals surface area contributed by atoms with Gasteiger partial charge in [0.25, 0.3) is 11.8 Å². The summed E-state index contributed by atoms with van der Waals surface area (Å²) in [7, 11) is 0. The highest BCUT2D eigenvalue weighted by Gasteiger charge is 2.35. The van der Waals surface area contributed by atoms with Crippen molar-refractivity contribution in [1.29, 1.82) is 0 Å². The zero-order chi connectivity index (χ0) is 22.2. The van der Waals surface area contributed by atoms with E-state index >= 15 is 0 Å². The predicted molar refractivity (Wildman–Crippen MR) is 125 cm³/mol. The molecule has 6 heteroatoms. The lowest BCUT2D eigenvalue weighted by Crippen LogP contribution is -2.33. The van der Waals surface area contributed by atoms with E-state index in [1.54, 1.807) is 18.2 Å². The summed E-state index contributed by atoms with van der Waals surface area (Å²) in [4.78, 5) is 41.5. The van der Waals surface area contributed by atoms with E-state index in [0.29, 0.717) is 30.6 Å². The molecular weight excluding hydrogens is 468 g/mol. The Kier molecular flexibility index (Phi) is 5.39. The number of benzene rings is 3. The maximum absolute atomic E-state index is 13.1. The Labute approximate surface area is 194 Å². The van der Waals surface area contributed by atoms with E-state index in [2.05, 4.69) is 40.2 Å². The summed E-state index contributed by atoms with van der Waals surface area (Å²) in [6.45, 7) is 1.33. The predicted octanol–water partition coefficient (Wildman–Crippen LogP) is 5.03. The summed E-state index contributed by atoms with van der Waals surface area (Å²) in [5.41, 5.74) is 5.40. The zero-order valence-corrected chi connectivity index (χ0v) is 19.0. The lowest BCUT2D eigenvalue weighted by Gasteiger charge is -2.22. The van der Waals surface area contributed by atoms with Gasteiger partial charge in [0.05, 0.1) is 11.1 Å². The fourth-order valence-electron chi connectivity index (χ4n) is 4.50. The quantitative estimate of drug-likeness (QED) is 0.483. The van der Waals surface area contributed by atoms with Gasteiger partial charge in [-0.05, 0) is 46.9 Å². The summed E-state index contributed by atoms with van der Waals surface area (Å²) in [6.07, 6.45) is 0.715. The van der Waals surface area contributed by atoms with Crippen LogP contribution in [0.25, 0.3) is 11.1 Å². The van der Waals surface area contributed by atoms with Crippen molar-refractivity contribution in [3.63, 3.8) is 0 Å². The minimum absolute atomic E-state index is 0.0239. The van der Waals surface area contributed by atoms with E-state index in [9.17, 15) is 14.4 Å². The van der Waals surface area contributed by atoms with Gasteiger partial charge in [0.2, 0.25) is 5.91 Å². The van der Waals surface area contributed by atoms with Crippen molar-refractivity contribution in [2.45, 2.75) is 25.9 Å². The van der Waals surface area contributed by atoms with E-state index in [0.717, 1.165) is 26.7 Å². The van der Waals surface area contributed by atoms with Crippen molar-refractivity contribution in [2.24, 2.45) is 0 Å². The number of hydrogen-bond donors (Lipinski definition) is 0. The van der Waals surface area contributed by atoms with Crippen LogP contribution in [0.3, 0.4) is 0 Å². The van der Waals surface area contributed by atoms with Crippen LogP contribution in [0, 0.1) is 0 Å². The first kappa shape index (κ1) is 20.6. The molecule has 0 aliphatic carbocycles. The lowest BCUT2D eigenvalue weighted by atomic mass is 9.97. The van der Waals surface area contributed by atoms with E-state index in [4.69, 9.17) is 0 Å². The molecule has 32 heavy (non-hydrogen) atoms. The highest BCUT2D eigenvalue weighted by atomic mass is 79.9. The first-order chi connectivity index (χ1) is 15.5. The number of rotatable bonds is 4. The maximum atomic E-state index is 13.1. The molecule has 5 nitrogen and oxygen atoms in total. The van der Waals surface area contributed by atoms with Crippen LogP contribution in [0.2, 0.25) is 0 Å². The first-order valence-corrected chi connectivity index (χ1v) is 11.4. The molecule has 0 bridgehead atoms. The Balaban J connectivity index is 1.28. The van der Waals surface area contributed by atoms with Gasteiger partial charge in [-0.15, -0.1) is 0 Å². The van der Waals surface area contributed by atoms with Crippen molar-refractivity contribution >= 4 is 33.7 Å². The second kappa shape index (κ2) is 8.36. The van der Waals surface area contributed by atoms with Gasteiger partial charge in [-0.1, -0.05) is 64.5 Å². The number of nitrogens with zero attached hydrogens (tertiary/aromatic N) is 2. The topological polar surface area (TPSA) is 57.7 Å². The van der Waals surface area contributed by atoms with Gasteiger partial charge in [0.1, 0.15) is 0 Å². The van der Waals surface area contributed by atoms with Crippen LogP contribution in [-0.4, -0.2) is 34.1 Å². The van der Waals surface area contributed by atoms with Crippen LogP contribution >= 0.6 is 15.9 Å². The van der Waals surface area contributed by atoms with Gasteiger partial charge in [-0.2, -0.15) is 0 Å². The monoisotopic (exact) mass is 488 g/mol. The molecule has 0 N–H and O–H groups in total. The van der Waals surface area contributed by atoms with Crippen molar-refractivity contribution in [1.82, 2.24) is 9.80 Å². The van der Waals surface area contributed by atoms with E-state index in [1.807, 2.05) is 29.2 Å². The molecule has 0 radical (unpaired) electrons. The number of amides is 3. The largest absolute Gasteiger partial charge is 0.334 e. The van der Waals surface area contributed by atoms with Crippen molar-refractivity contribution in [3.05, 3.63) is 93.5 Å². The number of carbonyl (C=O) groups excluding carboxylic acids is 3. The number of halogens is 1. The Morgan fingerprint density at radius 2 is 1.38 bits per heavy atom. The highest BCUT2D eigenvalue weighted by Crippen LogP contribution is 2.33. The molecule has 3 aromatic carbocycles. The van der Waals surface area contributed by atoms with E-state index < -0.39 is 0 Å². The van der Waals surface area contributed by atoms with Crippen LogP contribution in [0.4, 0.5) is 0 Å². The lowest BCUT2D eigenvalue weighted by molar-refractivity contribution is -0.132. The summed E-state index contributed by atoms with van der Waals surface area (Å²) < 4.78 is 0.760. The van der Waals surface area contributed by atoms with Crippen LogP contribution < -0.4 is 0 Å². The molecule has 2 aliphatic heterocycles. The van der Waals surface area contributed by atoms with Crippen LogP contribution in [0.1, 0.15) is 44.7 Å². The number of fused-ring (bicyclic) bond motifs is 4. The average molecular weight is 489 g/mol. The van der Waals surface area contributed by atoms with Gasteiger partial charge in [-0.25, -0.2) is 0 Å². The Morgan fingerprint density at radius 3 is 2.03 bits per heavy atom. The molecular formula is C26H21BrN2O3. The summed E-state index contributed by atoms with van der Waals surface area (Å²) in [6, 6.07) is 21.5. The van der Waals surface area contributed by atoms with Gasteiger partial charge in [0, 0.05) is 30.5 Å². The van der Waals surface area contributed by atoms with Crippen LogP contribution in [0.15, 0.2) is 71.2 Å². The summed E-state index contributed by atoms with van der Waals surface area (Å²) in [5, 5.41) is 0. The molecule has 0 saturated carbocycles. The molecule has 0 spiro atoms. The minimum Gasteiger partial charge on any atom is -0.334 e. The van der Waals surface area contributed by atoms with Crippen LogP contribution in [0.5, 0.6) is 0 Å². The summed E-state index contributed by atoms with van der Waals surface area (Å²) in [5.74, 6) is -0.560. The molecule has 160 valence electrons. The minimum atomic E-state index is -0.295. The molecule has 5 rings (SSSR count). The Hall–Kier alpha value is -3.25. The van der Waals surface area contributed by atoms with Gasteiger partial charge >= 0.3 is 0 Å². The second-order valence-electron chi connectivity index (χ2n) is 8.12. The van der Waals surface area contributed by atoms with Crippen molar-refractivity contribution < 1.29 is 14.4 Å². The Bertz CT molecular complexity index is 1210. The third-order valence-electron chi connectivity index (χ3n) is 6.11. The average Bonchev–Trinajstić information content (AvgIpc) is 2.94. The third kappa shape index (κ3) is 3.65. The molecule has 0 unspecified atom stereocenters.